The molecule has 1 fully saturated rings. The second kappa shape index (κ2) is 9.08. The first kappa shape index (κ1) is 22.6. The number of amides is 2. The monoisotopic (exact) mass is 457 g/mol. The standard InChI is InChI=1S/C22H25F2N7O2/c1-13(2)19(28-20(32)18-15(23)5-4-6-16(18)24)21(33)30-9-7-29(8-10-30)17-11-14(3)27-22-25-12-26-31(17)22/h4-6,11-13,19H,7-10H2,1-3H3,(H,28,32). The quantitative estimate of drug-likeness (QED) is 0.628. The largest absolute Gasteiger partial charge is 0.353 e. The molecule has 2 aromatic heterocycles. The van der Waals surface area contributed by atoms with Crippen molar-refractivity contribution in [1.29, 1.82) is 0 Å². The first-order valence-electron chi connectivity index (χ1n) is 10.7. The van der Waals surface area contributed by atoms with E-state index in [2.05, 4.69) is 25.3 Å². The van der Waals surface area contributed by atoms with Crippen molar-refractivity contribution in [2.75, 3.05) is 31.1 Å². The minimum atomic E-state index is -0.969. The van der Waals surface area contributed by atoms with Crippen LogP contribution in [0.5, 0.6) is 0 Å². The number of hydrogen-bond acceptors (Lipinski definition) is 6. The van der Waals surface area contributed by atoms with Crippen molar-refractivity contribution in [3.63, 3.8) is 0 Å². The lowest BCUT2D eigenvalue weighted by atomic mass is 10.0. The lowest BCUT2D eigenvalue weighted by Crippen LogP contribution is -2.56. The van der Waals surface area contributed by atoms with Crippen molar-refractivity contribution in [3.8, 4) is 0 Å². The molecular weight excluding hydrogens is 432 g/mol. The number of aryl methyl sites for hydroxylation is 1. The Labute approximate surface area is 189 Å². The zero-order valence-electron chi connectivity index (χ0n) is 18.6. The Morgan fingerprint density at radius 1 is 1.09 bits per heavy atom. The average molecular weight is 457 g/mol. The Kier molecular flexibility index (Phi) is 6.21. The SMILES string of the molecule is Cc1cc(N2CCN(C(=O)C(NC(=O)c3c(F)cccc3F)C(C)C)CC2)n2ncnc2n1. The van der Waals surface area contributed by atoms with Gasteiger partial charge in [0.2, 0.25) is 5.91 Å². The minimum Gasteiger partial charge on any atom is -0.353 e. The molecule has 1 saturated heterocycles. The van der Waals surface area contributed by atoms with Gasteiger partial charge in [0.1, 0.15) is 35.4 Å². The number of carbonyl (C=O) groups excluding carboxylic acids is 2. The second-order valence-electron chi connectivity index (χ2n) is 8.33. The second-order valence-corrected chi connectivity index (χ2v) is 8.33. The molecule has 3 aromatic rings. The van der Waals surface area contributed by atoms with E-state index in [0.29, 0.717) is 32.0 Å². The van der Waals surface area contributed by atoms with Gasteiger partial charge in [-0.3, -0.25) is 9.59 Å². The van der Waals surface area contributed by atoms with Crippen LogP contribution in [0.2, 0.25) is 0 Å². The predicted molar refractivity (Wildman–Crippen MR) is 117 cm³/mol. The predicted octanol–water partition coefficient (Wildman–Crippen LogP) is 1.81. The summed E-state index contributed by atoms with van der Waals surface area (Å²) in [5.41, 5.74) is 0.123. The summed E-state index contributed by atoms with van der Waals surface area (Å²) < 4.78 is 29.7. The number of nitrogens with one attached hydrogen (secondary N) is 1. The third-order valence-corrected chi connectivity index (χ3v) is 5.69. The number of rotatable bonds is 5. The fourth-order valence-electron chi connectivity index (χ4n) is 3.93. The first-order valence-corrected chi connectivity index (χ1v) is 10.7. The molecular formula is C22H25F2N7O2. The number of hydrogen-bond donors (Lipinski definition) is 1. The minimum absolute atomic E-state index is 0.271. The van der Waals surface area contributed by atoms with Gasteiger partial charge in [-0.2, -0.15) is 14.6 Å². The third-order valence-electron chi connectivity index (χ3n) is 5.69. The van der Waals surface area contributed by atoms with Crippen molar-refractivity contribution in [2.24, 2.45) is 5.92 Å². The molecule has 2 amide bonds. The number of piperazine rings is 1. The topological polar surface area (TPSA) is 95.7 Å². The van der Waals surface area contributed by atoms with Crippen LogP contribution >= 0.6 is 0 Å². The molecule has 33 heavy (non-hydrogen) atoms. The number of aromatic nitrogens is 4. The van der Waals surface area contributed by atoms with Crippen LogP contribution in [0.4, 0.5) is 14.6 Å². The third kappa shape index (κ3) is 4.48. The van der Waals surface area contributed by atoms with E-state index in [0.717, 1.165) is 23.6 Å². The summed E-state index contributed by atoms with van der Waals surface area (Å²) in [5, 5.41) is 6.76. The molecule has 0 saturated carbocycles. The molecule has 0 bridgehead atoms. The maximum Gasteiger partial charge on any atom is 0.257 e. The molecule has 11 heteroatoms. The summed E-state index contributed by atoms with van der Waals surface area (Å²) in [6.07, 6.45) is 1.44. The van der Waals surface area contributed by atoms with Gasteiger partial charge < -0.3 is 15.1 Å². The van der Waals surface area contributed by atoms with Crippen LogP contribution in [0.15, 0.2) is 30.6 Å². The van der Waals surface area contributed by atoms with E-state index >= 15 is 0 Å². The van der Waals surface area contributed by atoms with E-state index in [1.807, 2.05) is 13.0 Å². The number of fused-ring (bicyclic) bond motifs is 1. The van der Waals surface area contributed by atoms with Crippen molar-refractivity contribution < 1.29 is 18.4 Å². The zero-order chi connectivity index (χ0) is 23.7. The summed E-state index contributed by atoms with van der Waals surface area (Å²) in [6.45, 7) is 7.37. The molecule has 1 unspecified atom stereocenters. The number of nitrogens with zero attached hydrogens (tertiary/aromatic N) is 6. The summed E-state index contributed by atoms with van der Waals surface area (Å²) in [5.74, 6) is -2.10. The van der Waals surface area contributed by atoms with E-state index in [1.54, 1.807) is 23.3 Å². The Balaban J connectivity index is 1.46. The Morgan fingerprint density at radius 2 is 1.76 bits per heavy atom. The number of anilines is 1. The molecule has 4 rings (SSSR count). The molecule has 174 valence electrons. The van der Waals surface area contributed by atoms with E-state index in [-0.39, 0.29) is 11.8 Å². The maximum atomic E-state index is 14.0. The van der Waals surface area contributed by atoms with Gasteiger partial charge >= 0.3 is 0 Å². The average Bonchev–Trinajstić information content (AvgIpc) is 3.24. The highest BCUT2D eigenvalue weighted by Crippen LogP contribution is 2.19. The molecule has 0 aliphatic carbocycles. The molecule has 0 radical (unpaired) electrons. The molecule has 9 nitrogen and oxygen atoms in total. The molecule has 3 heterocycles. The smallest absolute Gasteiger partial charge is 0.257 e. The van der Waals surface area contributed by atoms with E-state index in [9.17, 15) is 18.4 Å². The van der Waals surface area contributed by atoms with Gasteiger partial charge in [-0.25, -0.2) is 13.8 Å². The zero-order valence-corrected chi connectivity index (χ0v) is 18.6. The van der Waals surface area contributed by atoms with Gasteiger partial charge in [-0.05, 0) is 25.0 Å². The summed E-state index contributed by atoms with van der Waals surface area (Å²) in [7, 11) is 0. The van der Waals surface area contributed by atoms with Crippen LogP contribution in [-0.4, -0.2) is 68.5 Å². The first-order chi connectivity index (χ1) is 15.8. The van der Waals surface area contributed by atoms with Crippen molar-refractivity contribution >= 4 is 23.4 Å². The summed E-state index contributed by atoms with van der Waals surface area (Å²) in [4.78, 5) is 38.0. The van der Waals surface area contributed by atoms with Gasteiger partial charge in [0.25, 0.3) is 11.7 Å². The van der Waals surface area contributed by atoms with Gasteiger partial charge in [0.15, 0.2) is 0 Å². The molecule has 1 atom stereocenters. The van der Waals surface area contributed by atoms with Gasteiger partial charge in [-0.1, -0.05) is 19.9 Å². The summed E-state index contributed by atoms with van der Waals surface area (Å²) >= 11 is 0. The molecule has 1 aliphatic heterocycles. The highest BCUT2D eigenvalue weighted by atomic mass is 19.1. The highest BCUT2D eigenvalue weighted by molar-refractivity contribution is 5.98. The van der Waals surface area contributed by atoms with Crippen molar-refractivity contribution in [1.82, 2.24) is 29.8 Å². The fraction of sp³-hybridized carbons (Fsp3) is 0.409. The van der Waals surface area contributed by atoms with E-state index < -0.39 is 29.1 Å². The van der Waals surface area contributed by atoms with Crippen molar-refractivity contribution in [2.45, 2.75) is 26.8 Å². The van der Waals surface area contributed by atoms with Crippen LogP contribution in [0.1, 0.15) is 29.9 Å². The van der Waals surface area contributed by atoms with Crippen LogP contribution < -0.4 is 10.2 Å². The van der Waals surface area contributed by atoms with Crippen molar-refractivity contribution in [3.05, 3.63) is 53.5 Å². The van der Waals surface area contributed by atoms with E-state index in [4.69, 9.17) is 0 Å². The normalized spacial score (nSPS) is 15.2. The van der Waals surface area contributed by atoms with Crippen LogP contribution in [0.25, 0.3) is 5.78 Å². The lowest BCUT2D eigenvalue weighted by molar-refractivity contribution is -0.134. The van der Waals surface area contributed by atoms with Crippen LogP contribution in [0, 0.1) is 24.5 Å². The summed E-state index contributed by atoms with van der Waals surface area (Å²) in [6, 6.07) is 4.21. The molecule has 0 spiro atoms. The molecule has 1 aromatic carbocycles. The highest BCUT2D eigenvalue weighted by Gasteiger charge is 2.32. The number of benzene rings is 1. The Hall–Kier alpha value is -3.63. The van der Waals surface area contributed by atoms with Crippen LogP contribution in [0.3, 0.4) is 0 Å². The van der Waals surface area contributed by atoms with E-state index in [1.165, 1.54) is 12.4 Å². The van der Waals surface area contributed by atoms with Crippen LogP contribution in [-0.2, 0) is 4.79 Å². The van der Waals surface area contributed by atoms with Gasteiger partial charge in [-0.15, -0.1) is 0 Å². The molecule has 1 aliphatic rings. The lowest BCUT2D eigenvalue weighted by Gasteiger charge is -2.38. The van der Waals surface area contributed by atoms with Gasteiger partial charge in [0, 0.05) is 37.9 Å². The maximum absolute atomic E-state index is 14.0. The van der Waals surface area contributed by atoms with Gasteiger partial charge in [0.05, 0.1) is 0 Å². The fourth-order valence-corrected chi connectivity index (χ4v) is 3.93. The Bertz CT molecular complexity index is 1170. The number of halogens is 2. The molecule has 1 N–H and O–H groups in total. The Morgan fingerprint density at radius 3 is 2.39 bits per heavy atom. The number of carbonyl (C=O) groups is 2.